The number of nitrogens with two attached hydrogens (primary N) is 1. The first-order valence-corrected chi connectivity index (χ1v) is 6.66. The van der Waals surface area contributed by atoms with Gasteiger partial charge < -0.3 is 15.0 Å². The number of aromatic nitrogens is 2. The Balaban J connectivity index is 2.06. The molecular formula is C10H17N3O2S. The van der Waals surface area contributed by atoms with Crippen molar-refractivity contribution in [3.8, 4) is 0 Å². The Kier molecular flexibility index (Phi) is 3.83. The number of thioether (sulfide) groups is 1. The summed E-state index contributed by atoms with van der Waals surface area (Å²) in [6.07, 6.45) is -0.118. The van der Waals surface area contributed by atoms with Gasteiger partial charge in [0.2, 0.25) is 5.89 Å². The van der Waals surface area contributed by atoms with Crippen LogP contribution in [0.1, 0.15) is 37.6 Å². The minimum atomic E-state index is -0.118. The fourth-order valence-electron chi connectivity index (χ4n) is 1.71. The smallest absolute Gasteiger partial charge is 0.232 e. The van der Waals surface area contributed by atoms with Gasteiger partial charge in [-0.1, -0.05) is 5.16 Å². The lowest BCUT2D eigenvalue weighted by atomic mass is 10.1. The Hall–Kier alpha value is -0.590. The Labute approximate surface area is 99.1 Å². The van der Waals surface area contributed by atoms with Gasteiger partial charge in [-0.2, -0.15) is 16.7 Å². The van der Waals surface area contributed by atoms with E-state index in [-0.39, 0.29) is 18.1 Å². The zero-order valence-corrected chi connectivity index (χ0v) is 10.4. The summed E-state index contributed by atoms with van der Waals surface area (Å²) < 4.78 is 10.7. The van der Waals surface area contributed by atoms with Gasteiger partial charge in [-0.05, 0) is 13.8 Å². The molecule has 0 saturated carbocycles. The third-order valence-corrected chi connectivity index (χ3v) is 3.89. The number of hydrogen-bond donors (Lipinski definition) is 1. The molecule has 1 saturated heterocycles. The van der Waals surface area contributed by atoms with E-state index >= 15 is 0 Å². The first-order chi connectivity index (χ1) is 7.72. The Morgan fingerprint density at radius 2 is 2.44 bits per heavy atom. The van der Waals surface area contributed by atoms with Crippen molar-refractivity contribution in [2.45, 2.75) is 31.9 Å². The van der Waals surface area contributed by atoms with E-state index in [1.54, 1.807) is 0 Å². The second-order valence-corrected chi connectivity index (χ2v) is 4.97. The highest BCUT2D eigenvalue weighted by Crippen LogP contribution is 2.31. The van der Waals surface area contributed by atoms with Crippen LogP contribution in [0, 0.1) is 0 Å². The van der Waals surface area contributed by atoms with Crippen molar-refractivity contribution in [2.24, 2.45) is 5.73 Å². The molecule has 5 nitrogen and oxygen atoms in total. The van der Waals surface area contributed by atoms with Gasteiger partial charge in [-0.25, -0.2) is 0 Å². The molecule has 0 aliphatic carbocycles. The van der Waals surface area contributed by atoms with Crippen molar-refractivity contribution in [1.82, 2.24) is 10.1 Å². The van der Waals surface area contributed by atoms with Crippen LogP contribution in [0.15, 0.2) is 4.52 Å². The summed E-state index contributed by atoms with van der Waals surface area (Å²) in [4.78, 5) is 4.37. The zero-order chi connectivity index (χ0) is 11.5. The average Bonchev–Trinajstić information content (AvgIpc) is 2.86. The summed E-state index contributed by atoms with van der Waals surface area (Å²) in [6.45, 7) is 4.51. The summed E-state index contributed by atoms with van der Waals surface area (Å²) in [6, 6.07) is 0.126. The molecule has 2 heterocycles. The van der Waals surface area contributed by atoms with Gasteiger partial charge >= 0.3 is 0 Å². The molecule has 6 heteroatoms. The van der Waals surface area contributed by atoms with E-state index in [2.05, 4.69) is 10.1 Å². The number of ether oxygens (including phenoxy) is 1. The van der Waals surface area contributed by atoms with E-state index in [1.165, 1.54) is 0 Å². The van der Waals surface area contributed by atoms with Crippen LogP contribution in [-0.2, 0) is 4.74 Å². The first kappa shape index (κ1) is 11.9. The monoisotopic (exact) mass is 243 g/mol. The second-order valence-electron chi connectivity index (χ2n) is 3.90. The molecule has 0 amide bonds. The summed E-state index contributed by atoms with van der Waals surface area (Å²) in [5.74, 6) is 3.38. The van der Waals surface area contributed by atoms with Crippen LogP contribution in [0.5, 0.6) is 0 Å². The molecule has 1 aliphatic rings. The first-order valence-electron chi connectivity index (χ1n) is 5.50. The molecule has 0 aromatic carbocycles. The highest BCUT2D eigenvalue weighted by atomic mass is 32.2. The van der Waals surface area contributed by atoms with Crippen molar-refractivity contribution in [1.29, 1.82) is 0 Å². The molecule has 1 aromatic heterocycles. The lowest BCUT2D eigenvalue weighted by Gasteiger charge is -2.08. The van der Waals surface area contributed by atoms with E-state index in [0.29, 0.717) is 18.3 Å². The van der Waals surface area contributed by atoms with Gasteiger partial charge in [0.1, 0.15) is 6.10 Å². The predicted octanol–water partition coefficient (Wildman–Crippen LogP) is 1.32. The maximum atomic E-state index is 5.98. The van der Waals surface area contributed by atoms with Gasteiger partial charge in [0, 0.05) is 24.2 Å². The Morgan fingerprint density at radius 3 is 3.06 bits per heavy atom. The summed E-state index contributed by atoms with van der Waals surface area (Å²) in [5.41, 5.74) is 5.98. The molecule has 2 rings (SSSR count). The van der Waals surface area contributed by atoms with Crippen molar-refractivity contribution in [2.75, 3.05) is 18.1 Å². The molecule has 90 valence electrons. The third-order valence-electron chi connectivity index (χ3n) is 2.68. The summed E-state index contributed by atoms with van der Waals surface area (Å²) in [7, 11) is 0. The summed E-state index contributed by atoms with van der Waals surface area (Å²) >= 11 is 1.83. The fraction of sp³-hybridized carbons (Fsp3) is 0.800. The number of rotatable bonds is 4. The molecule has 16 heavy (non-hydrogen) atoms. The van der Waals surface area contributed by atoms with Crippen molar-refractivity contribution in [3.05, 3.63) is 11.7 Å². The van der Waals surface area contributed by atoms with Crippen LogP contribution in [0.25, 0.3) is 0 Å². The van der Waals surface area contributed by atoms with Gasteiger partial charge in [-0.3, -0.25) is 0 Å². The van der Waals surface area contributed by atoms with Gasteiger partial charge in [0.15, 0.2) is 5.82 Å². The van der Waals surface area contributed by atoms with Gasteiger partial charge in [0.05, 0.1) is 5.92 Å². The van der Waals surface area contributed by atoms with Gasteiger partial charge in [0.25, 0.3) is 0 Å². The number of hydrogen-bond acceptors (Lipinski definition) is 6. The molecule has 2 N–H and O–H groups in total. The minimum absolute atomic E-state index is 0.118. The number of nitrogens with zero attached hydrogens (tertiary/aromatic N) is 2. The summed E-state index contributed by atoms with van der Waals surface area (Å²) in [5, 5.41) is 3.94. The lowest BCUT2D eigenvalue weighted by molar-refractivity contribution is 0.0683. The van der Waals surface area contributed by atoms with Crippen LogP contribution >= 0.6 is 11.8 Å². The highest BCUT2D eigenvalue weighted by Gasteiger charge is 2.31. The van der Waals surface area contributed by atoms with Crippen molar-refractivity contribution >= 4 is 11.8 Å². The lowest BCUT2D eigenvalue weighted by Crippen LogP contribution is -2.26. The van der Waals surface area contributed by atoms with Gasteiger partial charge in [-0.15, -0.1) is 0 Å². The van der Waals surface area contributed by atoms with E-state index in [1.807, 2.05) is 25.6 Å². The normalized spacial score (nSPS) is 27.2. The molecule has 0 bridgehead atoms. The van der Waals surface area contributed by atoms with E-state index in [4.69, 9.17) is 15.0 Å². The quantitative estimate of drug-likeness (QED) is 0.859. The van der Waals surface area contributed by atoms with Crippen LogP contribution in [0.4, 0.5) is 0 Å². The SMILES string of the molecule is CCOC(C)c1noc(C2CSCC2N)n1. The second kappa shape index (κ2) is 5.16. The fourth-order valence-corrected chi connectivity index (χ4v) is 3.00. The Morgan fingerprint density at radius 1 is 1.62 bits per heavy atom. The molecule has 1 aliphatic heterocycles. The standard InChI is InChI=1S/C10H17N3O2S/c1-3-14-6(2)9-12-10(15-13-9)7-4-16-5-8(7)11/h6-8H,3-5,11H2,1-2H3. The molecule has 1 aromatic rings. The zero-order valence-electron chi connectivity index (χ0n) is 9.55. The van der Waals surface area contributed by atoms with E-state index < -0.39 is 0 Å². The third kappa shape index (κ3) is 2.39. The van der Waals surface area contributed by atoms with Crippen LogP contribution in [0.2, 0.25) is 0 Å². The average molecular weight is 243 g/mol. The molecule has 0 spiro atoms. The molecule has 1 fully saturated rings. The molecule has 3 atom stereocenters. The van der Waals surface area contributed by atoms with Crippen LogP contribution < -0.4 is 5.73 Å². The maximum Gasteiger partial charge on any atom is 0.232 e. The topological polar surface area (TPSA) is 74.2 Å². The van der Waals surface area contributed by atoms with Crippen molar-refractivity contribution < 1.29 is 9.26 Å². The van der Waals surface area contributed by atoms with Crippen molar-refractivity contribution in [3.63, 3.8) is 0 Å². The molecular weight excluding hydrogens is 226 g/mol. The highest BCUT2D eigenvalue weighted by molar-refractivity contribution is 7.99. The largest absolute Gasteiger partial charge is 0.371 e. The molecule has 3 unspecified atom stereocenters. The molecule has 0 radical (unpaired) electrons. The van der Waals surface area contributed by atoms with E-state index in [9.17, 15) is 0 Å². The maximum absolute atomic E-state index is 5.98. The predicted molar refractivity (Wildman–Crippen MR) is 62.4 cm³/mol. The Bertz CT molecular complexity index is 345. The minimum Gasteiger partial charge on any atom is -0.371 e. The van der Waals surface area contributed by atoms with E-state index in [0.717, 1.165) is 11.5 Å². The van der Waals surface area contributed by atoms with Crippen LogP contribution in [0.3, 0.4) is 0 Å². The van der Waals surface area contributed by atoms with Crippen LogP contribution in [-0.4, -0.2) is 34.3 Å².